The predicted molar refractivity (Wildman–Crippen MR) is 40.3 cm³/mol. The zero-order valence-electron chi connectivity index (χ0n) is 6.27. The van der Waals surface area contributed by atoms with Gasteiger partial charge in [0.25, 0.3) is 0 Å². The van der Waals surface area contributed by atoms with Crippen LogP contribution in [-0.4, -0.2) is 5.78 Å². The highest BCUT2D eigenvalue weighted by Crippen LogP contribution is 2.18. The minimum atomic E-state index is 0.0445. The maximum absolute atomic E-state index is 10.9. The Morgan fingerprint density at radius 2 is 2.10 bits per heavy atom. The Labute approximate surface area is 60.4 Å². The van der Waals surface area contributed by atoms with Gasteiger partial charge in [-0.05, 0) is 25.0 Å². The van der Waals surface area contributed by atoms with Crippen molar-refractivity contribution in [1.29, 1.82) is 0 Å². The van der Waals surface area contributed by atoms with Crippen molar-refractivity contribution in [2.45, 2.75) is 20.3 Å². The zero-order chi connectivity index (χ0) is 7.72. The summed E-state index contributed by atoms with van der Waals surface area (Å²) in [6.07, 6.45) is 2.38. The molecule has 0 bridgehead atoms. The normalized spacial score (nSPS) is 19.4. The van der Waals surface area contributed by atoms with E-state index in [1.54, 1.807) is 0 Å². The lowest BCUT2D eigenvalue weighted by Gasteiger charge is -2.11. The summed E-state index contributed by atoms with van der Waals surface area (Å²) in [6.45, 7) is 3.84. The summed E-state index contributed by atoms with van der Waals surface area (Å²) < 4.78 is 0. The van der Waals surface area contributed by atoms with Crippen molar-refractivity contribution in [1.82, 2.24) is 0 Å². The highest BCUT2D eigenvalue weighted by atomic mass is 16.1. The summed E-state index contributed by atoms with van der Waals surface area (Å²) in [6, 6.07) is 0. The Hall–Kier alpha value is -1.05. The molecule has 0 aromatic carbocycles. The summed E-state index contributed by atoms with van der Waals surface area (Å²) in [4.78, 5) is 10.9. The molecule has 0 aliphatic heterocycles. The van der Waals surface area contributed by atoms with Crippen LogP contribution in [0.1, 0.15) is 20.3 Å². The van der Waals surface area contributed by atoms with Gasteiger partial charge in [0.1, 0.15) is 0 Å². The van der Waals surface area contributed by atoms with Gasteiger partial charge in [0, 0.05) is 6.42 Å². The van der Waals surface area contributed by atoms with Crippen LogP contribution < -0.4 is 5.73 Å². The van der Waals surface area contributed by atoms with Crippen molar-refractivity contribution in [3.8, 4) is 0 Å². The van der Waals surface area contributed by atoms with Gasteiger partial charge < -0.3 is 5.73 Å². The Morgan fingerprint density at radius 1 is 1.50 bits per heavy atom. The fourth-order valence-corrected chi connectivity index (χ4v) is 0.930. The first-order chi connectivity index (χ1) is 4.63. The number of hydrogen-bond acceptors (Lipinski definition) is 2. The van der Waals surface area contributed by atoms with E-state index in [0.717, 1.165) is 11.1 Å². The Balaban J connectivity index is 3.06. The van der Waals surface area contributed by atoms with E-state index in [4.69, 9.17) is 5.73 Å². The molecule has 0 spiro atoms. The van der Waals surface area contributed by atoms with Gasteiger partial charge in [-0.2, -0.15) is 0 Å². The zero-order valence-corrected chi connectivity index (χ0v) is 6.27. The Bertz CT molecular complexity index is 232. The molecule has 1 rings (SSSR count). The van der Waals surface area contributed by atoms with Crippen LogP contribution in [0.2, 0.25) is 0 Å². The molecule has 0 atom stereocenters. The van der Waals surface area contributed by atoms with Crippen molar-refractivity contribution in [2.24, 2.45) is 5.73 Å². The molecule has 0 amide bonds. The largest absolute Gasteiger partial charge is 0.396 e. The van der Waals surface area contributed by atoms with E-state index in [2.05, 4.69) is 0 Å². The average molecular weight is 137 g/mol. The molecule has 1 aliphatic rings. The summed E-state index contributed by atoms with van der Waals surface area (Å²) >= 11 is 0. The molecule has 0 fully saturated rings. The smallest absolute Gasteiger partial charge is 0.182 e. The lowest BCUT2D eigenvalue weighted by Crippen LogP contribution is -2.16. The lowest BCUT2D eigenvalue weighted by atomic mass is 9.97. The van der Waals surface area contributed by atoms with Crippen molar-refractivity contribution >= 4 is 5.78 Å². The third kappa shape index (κ3) is 0.967. The van der Waals surface area contributed by atoms with Gasteiger partial charge in [0.05, 0.1) is 5.70 Å². The molecule has 0 aromatic heterocycles. The molecule has 0 heterocycles. The fourth-order valence-electron chi connectivity index (χ4n) is 0.930. The molecule has 1 aliphatic carbocycles. The van der Waals surface area contributed by atoms with Crippen LogP contribution in [-0.2, 0) is 4.79 Å². The first-order valence-electron chi connectivity index (χ1n) is 3.29. The molecule has 0 radical (unpaired) electrons. The van der Waals surface area contributed by atoms with E-state index in [0.29, 0.717) is 12.1 Å². The van der Waals surface area contributed by atoms with Crippen LogP contribution >= 0.6 is 0 Å². The minimum Gasteiger partial charge on any atom is -0.396 e. The van der Waals surface area contributed by atoms with Crippen LogP contribution in [0.25, 0.3) is 0 Å². The molecular formula is C8H11NO. The third-order valence-corrected chi connectivity index (χ3v) is 1.89. The molecule has 0 saturated carbocycles. The highest BCUT2D eigenvalue weighted by Gasteiger charge is 2.13. The quantitative estimate of drug-likeness (QED) is 0.544. The second-order valence-corrected chi connectivity index (χ2v) is 2.55. The van der Waals surface area contributed by atoms with Gasteiger partial charge in [-0.25, -0.2) is 0 Å². The van der Waals surface area contributed by atoms with Crippen molar-refractivity contribution in [2.75, 3.05) is 0 Å². The Morgan fingerprint density at radius 3 is 2.60 bits per heavy atom. The fraction of sp³-hybridized carbons (Fsp3) is 0.375. The molecule has 2 N–H and O–H groups in total. The van der Waals surface area contributed by atoms with Gasteiger partial charge in [0.15, 0.2) is 5.78 Å². The van der Waals surface area contributed by atoms with Crippen LogP contribution in [0.15, 0.2) is 22.9 Å². The van der Waals surface area contributed by atoms with E-state index in [-0.39, 0.29) is 5.78 Å². The van der Waals surface area contributed by atoms with Gasteiger partial charge in [-0.3, -0.25) is 4.79 Å². The summed E-state index contributed by atoms with van der Waals surface area (Å²) in [5, 5.41) is 0. The average Bonchev–Trinajstić information content (AvgIpc) is 1.93. The first-order valence-corrected chi connectivity index (χ1v) is 3.29. The summed E-state index contributed by atoms with van der Waals surface area (Å²) in [5.41, 5.74) is 7.98. The van der Waals surface area contributed by atoms with Gasteiger partial charge in [-0.15, -0.1) is 0 Å². The number of ketones is 1. The van der Waals surface area contributed by atoms with E-state index in [1.165, 1.54) is 0 Å². The number of carbonyl (C=O) groups is 1. The Kier molecular flexibility index (Phi) is 1.62. The number of carbonyl (C=O) groups excluding carboxylic acids is 1. The molecule has 0 unspecified atom stereocenters. The summed E-state index contributed by atoms with van der Waals surface area (Å²) in [7, 11) is 0. The van der Waals surface area contributed by atoms with Crippen LogP contribution in [0.5, 0.6) is 0 Å². The van der Waals surface area contributed by atoms with E-state index >= 15 is 0 Å². The number of rotatable bonds is 0. The monoisotopic (exact) mass is 137 g/mol. The van der Waals surface area contributed by atoms with Gasteiger partial charge in [0.2, 0.25) is 0 Å². The summed E-state index contributed by atoms with van der Waals surface area (Å²) in [5.74, 6) is 0.0445. The maximum atomic E-state index is 10.9. The van der Waals surface area contributed by atoms with E-state index in [9.17, 15) is 4.79 Å². The van der Waals surface area contributed by atoms with Crippen molar-refractivity contribution in [3.63, 3.8) is 0 Å². The number of nitrogens with two attached hydrogens (primary N) is 1. The highest BCUT2D eigenvalue weighted by molar-refractivity contribution is 5.98. The molecular weight excluding hydrogens is 126 g/mol. The molecule has 0 saturated heterocycles. The van der Waals surface area contributed by atoms with Crippen LogP contribution in [0.4, 0.5) is 0 Å². The van der Waals surface area contributed by atoms with Crippen molar-refractivity contribution < 1.29 is 4.79 Å². The number of allylic oxidation sites excluding steroid dienone is 4. The molecule has 2 heteroatoms. The number of Topliss-reactive ketones (excluding diaryl/α,β-unsaturated/α-hetero) is 1. The van der Waals surface area contributed by atoms with Gasteiger partial charge >= 0.3 is 0 Å². The third-order valence-electron chi connectivity index (χ3n) is 1.89. The predicted octanol–water partition coefficient (Wildman–Crippen LogP) is 1.14. The molecule has 54 valence electrons. The first kappa shape index (κ1) is 7.06. The van der Waals surface area contributed by atoms with Crippen molar-refractivity contribution in [3.05, 3.63) is 22.9 Å². The maximum Gasteiger partial charge on any atom is 0.182 e. The van der Waals surface area contributed by atoms with E-state index in [1.807, 2.05) is 19.9 Å². The topological polar surface area (TPSA) is 43.1 Å². The van der Waals surface area contributed by atoms with Crippen LogP contribution in [0.3, 0.4) is 0 Å². The minimum absolute atomic E-state index is 0.0445. The van der Waals surface area contributed by atoms with Crippen LogP contribution in [0, 0.1) is 0 Å². The molecule has 0 aromatic rings. The second-order valence-electron chi connectivity index (χ2n) is 2.55. The van der Waals surface area contributed by atoms with Gasteiger partial charge in [-0.1, -0.05) is 6.08 Å². The standard InChI is InChI=1S/C8H11NO/c1-5-3-4-7(10)8(9)6(5)2/h3H,4,9H2,1-2H3. The number of hydrogen-bond donors (Lipinski definition) is 1. The van der Waals surface area contributed by atoms with E-state index < -0.39 is 0 Å². The molecule has 10 heavy (non-hydrogen) atoms. The molecule has 2 nitrogen and oxygen atoms in total. The second kappa shape index (κ2) is 2.29. The lowest BCUT2D eigenvalue weighted by molar-refractivity contribution is -0.115. The SMILES string of the molecule is CC1=CCC(=O)C(N)=C1C.